The third-order valence-electron chi connectivity index (χ3n) is 4.68. The summed E-state index contributed by atoms with van der Waals surface area (Å²) in [6.45, 7) is -0.533. The molecule has 1 N–H and O–H groups in total. The van der Waals surface area contributed by atoms with Gasteiger partial charge in [0.15, 0.2) is 0 Å². The van der Waals surface area contributed by atoms with Crippen molar-refractivity contribution in [3.05, 3.63) is 98.4 Å². The van der Waals surface area contributed by atoms with Crippen molar-refractivity contribution in [2.75, 3.05) is 6.54 Å². The van der Waals surface area contributed by atoms with Gasteiger partial charge in [-0.1, -0.05) is 54.6 Å². The molecule has 0 bridgehead atoms. The van der Waals surface area contributed by atoms with Crippen LogP contribution in [-0.4, -0.2) is 16.6 Å². The minimum atomic E-state index is -0.925. The Balaban J connectivity index is 1.96. The third kappa shape index (κ3) is 3.01. The van der Waals surface area contributed by atoms with E-state index in [1.807, 2.05) is 30.3 Å². The van der Waals surface area contributed by atoms with E-state index < -0.39 is 23.0 Å². The minimum absolute atomic E-state index is 0.0966. The van der Waals surface area contributed by atoms with Gasteiger partial charge in [-0.05, 0) is 28.5 Å². The fourth-order valence-corrected chi connectivity index (χ4v) is 3.39. The highest BCUT2D eigenvalue weighted by Gasteiger charge is 2.29. The van der Waals surface area contributed by atoms with Gasteiger partial charge in [0.2, 0.25) is 6.54 Å². The van der Waals surface area contributed by atoms with Crippen LogP contribution in [0.1, 0.15) is 17.0 Å². The van der Waals surface area contributed by atoms with Crippen LogP contribution in [0.4, 0.5) is 0 Å². The lowest BCUT2D eigenvalue weighted by Gasteiger charge is -2.15. The first-order valence-electron chi connectivity index (χ1n) is 8.40. The van der Waals surface area contributed by atoms with Crippen molar-refractivity contribution in [2.24, 2.45) is 0 Å². The Morgan fingerprint density at radius 2 is 1.70 bits per heavy atom. The van der Waals surface area contributed by atoms with E-state index in [0.29, 0.717) is 10.9 Å². The van der Waals surface area contributed by atoms with Crippen molar-refractivity contribution in [3.8, 4) is 5.75 Å². The summed E-state index contributed by atoms with van der Waals surface area (Å²) in [7, 11) is 0. The lowest BCUT2D eigenvalue weighted by molar-refractivity contribution is -0.481. The van der Waals surface area contributed by atoms with Crippen LogP contribution >= 0.6 is 0 Å². The Morgan fingerprint density at radius 1 is 1.00 bits per heavy atom. The molecule has 6 heteroatoms. The standard InChI is InChI=1S/C21H15NO5/c23-20-16-7-3-4-8-18(16)27-21(24)19(20)17(12-22(25)26)15-10-9-13-5-1-2-6-14(13)11-15/h1-11,17,23H,12H2. The van der Waals surface area contributed by atoms with Crippen molar-refractivity contribution in [1.29, 1.82) is 0 Å². The monoisotopic (exact) mass is 361 g/mol. The summed E-state index contributed by atoms with van der Waals surface area (Å²) in [6, 6.07) is 19.6. The van der Waals surface area contributed by atoms with E-state index in [2.05, 4.69) is 0 Å². The number of nitro groups is 1. The number of fused-ring (bicyclic) bond motifs is 2. The van der Waals surface area contributed by atoms with E-state index in [9.17, 15) is 20.0 Å². The van der Waals surface area contributed by atoms with Crippen molar-refractivity contribution in [2.45, 2.75) is 5.92 Å². The Hall–Kier alpha value is -3.67. The van der Waals surface area contributed by atoms with Gasteiger partial charge in [0.05, 0.1) is 16.9 Å². The van der Waals surface area contributed by atoms with E-state index in [1.54, 1.807) is 36.4 Å². The van der Waals surface area contributed by atoms with Gasteiger partial charge >= 0.3 is 5.63 Å². The maximum Gasteiger partial charge on any atom is 0.344 e. The molecule has 4 rings (SSSR count). The van der Waals surface area contributed by atoms with E-state index in [1.165, 1.54) is 0 Å². The third-order valence-corrected chi connectivity index (χ3v) is 4.68. The van der Waals surface area contributed by atoms with Crippen LogP contribution < -0.4 is 5.63 Å². The van der Waals surface area contributed by atoms with Crippen LogP contribution in [-0.2, 0) is 0 Å². The summed E-state index contributed by atoms with van der Waals surface area (Å²) in [5, 5.41) is 24.2. The molecule has 1 atom stereocenters. The number of aromatic hydroxyl groups is 1. The largest absolute Gasteiger partial charge is 0.507 e. The molecule has 3 aromatic carbocycles. The quantitative estimate of drug-likeness (QED) is 0.336. The SMILES string of the molecule is O=c1oc2ccccc2c(O)c1C(C[N+](=O)[O-])c1ccc2ccccc2c1. The molecular formula is C21H15NO5. The van der Waals surface area contributed by atoms with Crippen LogP contribution in [0.15, 0.2) is 75.9 Å². The lowest BCUT2D eigenvalue weighted by atomic mass is 9.89. The van der Waals surface area contributed by atoms with E-state index in [0.717, 1.165) is 10.8 Å². The molecule has 0 aliphatic heterocycles. The molecule has 27 heavy (non-hydrogen) atoms. The minimum Gasteiger partial charge on any atom is -0.507 e. The molecule has 1 aromatic heterocycles. The highest BCUT2D eigenvalue weighted by atomic mass is 16.6. The molecule has 1 unspecified atom stereocenters. The molecule has 0 aliphatic carbocycles. The fourth-order valence-electron chi connectivity index (χ4n) is 3.39. The fraction of sp³-hybridized carbons (Fsp3) is 0.0952. The number of rotatable bonds is 4. The summed E-state index contributed by atoms with van der Waals surface area (Å²) in [5.41, 5.74) is -0.0581. The van der Waals surface area contributed by atoms with E-state index in [4.69, 9.17) is 4.42 Å². The van der Waals surface area contributed by atoms with Crippen LogP contribution in [0.25, 0.3) is 21.7 Å². The normalized spacial score (nSPS) is 12.3. The van der Waals surface area contributed by atoms with E-state index in [-0.39, 0.29) is 16.9 Å². The van der Waals surface area contributed by atoms with Crippen molar-refractivity contribution < 1.29 is 14.4 Å². The molecule has 0 saturated heterocycles. The second-order valence-electron chi connectivity index (χ2n) is 6.32. The Kier molecular flexibility index (Phi) is 4.08. The van der Waals surface area contributed by atoms with Crippen molar-refractivity contribution in [3.63, 3.8) is 0 Å². The zero-order valence-electron chi connectivity index (χ0n) is 14.2. The Morgan fingerprint density at radius 3 is 2.48 bits per heavy atom. The average Bonchev–Trinajstić information content (AvgIpc) is 2.66. The van der Waals surface area contributed by atoms with Crippen LogP contribution in [0, 0.1) is 10.1 Å². The first-order chi connectivity index (χ1) is 13.0. The molecule has 1 heterocycles. The first-order valence-corrected chi connectivity index (χ1v) is 8.40. The number of para-hydroxylation sites is 1. The van der Waals surface area contributed by atoms with Crippen LogP contribution in [0.2, 0.25) is 0 Å². The van der Waals surface area contributed by atoms with Gasteiger partial charge < -0.3 is 9.52 Å². The maximum absolute atomic E-state index is 12.6. The van der Waals surface area contributed by atoms with E-state index >= 15 is 0 Å². The summed E-state index contributed by atoms with van der Waals surface area (Å²) in [4.78, 5) is 23.4. The Labute approximate surface area is 153 Å². The number of hydrogen-bond acceptors (Lipinski definition) is 5. The molecule has 0 saturated carbocycles. The molecular weight excluding hydrogens is 346 g/mol. The van der Waals surface area contributed by atoms with Gasteiger partial charge in [0.25, 0.3) is 0 Å². The molecule has 0 aliphatic rings. The summed E-state index contributed by atoms with van der Waals surface area (Å²) >= 11 is 0. The van der Waals surface area contributed by atoms with Gasteiger partial charge in [-0.15, -0.1) is 0 Å². The molecule has 4 aromatic rings. The van der Waals surface area contributed by atoms with Gasteiger partial charge in [-0.25, -0.2) is 4.79 Å². The average molecular weight is 361 g/mol. The molecule has 6 nitrogen and oxygen atoms in total. The van der Waals surface area contributed by atoms with Crippen molar-refractivity contribution in [1.82, 2.24) is 0 Å². The molecule has 0 fully saturated rings. The summed E-state index contributed by atoms with van der Waals surface area (Å²) in [6.07, 6.45) is 0. The zero-order valence-corrected chi connectivity index (χ0v) is 14.2. The second kappa shape index (κ2) is 6.57. The molecule has 0 amide bonds. The first kappa shape index (κ1) is 16.8. The Bertz CT molecular complexity index is 1230. The summed E-state index contributed by atoms with van der Waals surface area (Å²) < 4.78 is 5.31. The second-order valence-corrected chi connectivity index (χ2v) is 6.32. The number of hydrogen-bond donors (Lipinski definition) is 1. The zero-order chi connectivity index (χ0) is 19.0. The maximum atomic E-state index is 12.6. The molecule has 0 spiro atoms. The number of nitrogens with zero attached hydrogens (tertiary/aromatic N) is 1. The predicted octanol–water partition coefficient (Wildman–Crippen LogP) is 4.06. The lowest BCUT2D eigenvalue weighted by Crippen LogP contribution is -2.21. The topological polar surface area (TPSA) is 93.6 Å². The predicted molar refractivity (Wildman–Crippen MR) is 102 cm³/mol. The highest BCUT2D eigenvalue weighted by molar-refractivity contribution is 5.85. The number of benzene rings is 3. The van der Waals surface area contributed by atoms with Gasteiger partial charge in [-0.2, -0.15) is 0 Å². The van der Waals surface area contributed by atoms with Gasteiger partial charge in [0, 0.05) is 4.92 Å². The molecule has 134 valence electrons. The summed E-state index contributed by atoms with van der Waals surface area (Å²) in [5.74, 6) is -1.20. The highest BCUT2D eigenvalue weighted by Crippen LogP contribution is 2.35. The smallest absolute Gasteiger partial charge is 0.344 e. The van der Waals surface area contributed by atoms with Crippen LogP contribution in [0.5, 0.6) is 5.75 Å². The van der Waals surface area contributed by atoms with Crippen LogP contribution in [0.3, 0.4) is 0 Å². The van der Waals surface area contributed by atoms with Gasteiger partial charge in [0.1, 0.15) is 11.3 Å². The van der Waals surface area contributed by atoms with Crippen molar-refractivity contribution >= 4 is 21.7 Å². The molecule has 0 radical (unpaired) electrons. The van der Waals surface area contributed by atoms with Gasteiger partial charge in [-0.3, -0.25) is 10.1 Å².